The predicted octanol–water partition coefficient (Wildman–Crippen LogP) is -13.9. The van der Waals surface area contributed by atoms with E-state index in [4.69, 9.17) is 39.7 Å². The summed E-state index contributed by atoms with van der Waals surface area (Å²) in [5.74, 6) is -7.65. The largest absolute Gasteiger partial charge is 1.00 e. The third-order valence-electron chi connectivity index (χ3n) is 1.77. The molecule has 0 aromatic rings. The zero-order valence-corrected chi connectivity index (χ0v) is 20.0. The van der Waals surface area contributed by atoms with Crippen LogP contribution in [0.15, 0.2) is 0 Å². The molecule has 160 valence electrons. The van der Waals surface area contributed by atoms with Gasteiger partial charge in [0.05, 0.1) is 11.9 Å². The van der Waals surface area contributed by atoms with Gasteiger partial charge in [-0.05, 0) is 0 Å². The van der Waals surface area contributed by atoms with Gasteiger partial charge in [-0.1, -0.05) is 0 Å². The minimum atomic E-state index is -4.71. The van der Waals surface area contributed by atoms with Crippen LogP contribution in [0.5, 0.6) is 0 Å². The fourth-order valence-electron chi connectivity index (χ4n) is 0.528. The molecule has 0 rings (SSSR count). The molecule has 0 amide bonds. The van der Waals surface area contributed by atoms with Crippen molar-refractivity contribution < 1.29 is 141 Å². The molecule has 17 nitrogen and oxygen atoms in total. The van der Waals surface area contributed by atoms with E-state index < -0.39 is 67.6 Å². The molecule has 0 aliphatic carbocycles. The second-order valence-electron chi connectivity index (χ2n) is 3.74. The molecule has 0 saturated heterocycles. The molecule has 0 aliphatic heterocycles. The van der Waals surface area contributed by atoms with Crippen LogP contribution in [0.2, 0.25) is 0 Å². The minimum absolute atomic E-state index is 0. The van der Waals surface area contributed by atoms with E-state index in [1.165, 1.54) is 0 Å². The molecule has 5 unspecified atom stereocenters. The topological polar surface area (TPSA) is 327 Å². The number of carboxylic acids is 4. The number of carboxylic acid groups (broad SMARTS) is 4. The van der Waals surface area contributed by atoms with E-state index >= 15 is 0 Å². The van der Waals surface area contributed by atoms with Crippen LogP contribution in [0, 0.1) is 0 Å². The van der Waals surface area contributed by atoms with E-state index in [0.717, 1.165) is 0 Å². The molecule has 0 aromatic carbocycles. The molecule has 8 N–H and O–H groups in total. The average molecular weight is 490 g/mol. The van der Waals surface area contributed by atoms with Gasteiger partial charge in [0, 0.05) is 0 Å². The van der Waals surface area contributed by atoms with Crippen molar-refractivity contribution >= 4 is 43.1 Å². The molecule has 0 spiro atoms. The van der Waals surface area contributed by atoms with Crippen LogP contribution >= 0.6 is 0 Å². The number of carbonyl (C=O) groups excluding carboxylic acids is 2. The van der Waals surface area contributed by atoms with Gasteiger partial charge in [-0.3, -0.25) is 9.11 Å². The van der Waals surface area contributed by atoms with E-state index in [1.54, 1.807) is 0 Å². The normalized spacial score (nSPS) is 14.8. The Labute approximate surface area is 207 Å². The first-order chi connectivity index (χ1) is 11.9. The number of hydrogen-bond acceptors (Lipinski definition) is 13. The summed E-state index contributed by atoms with van der Waals surface area (Å²) in [6, 6.07) is 0. The van der Waals surface area contributed by atoms with Gasteiger partial charge in [-0.25, -0.2) is 13.8 Å². The molecule has 0 heterocycles. The summed E-state index contributed by atoms with van der Waals surface area (Å²) < 4.78 is 43.0. The van der Waals surface area contributed by atoms with Crippen molar-refractivity contribution in [2.45, 2.75) is 24.4 Å². The van der Waals surface area contributed by atoms with Gasteiger partial charge in [-0.2, -0.15) is 8.42 Å². The first-order valence-electron chi connectivity index (χ1n) is 5.56. The Bertz CT molecular complexity index is 590. The molecule has 5 atom stereocenters. The smallest absolute Gasteiger partial charge is 0.547 e. The van der Waals surface area contributed by atoms with Crippen molar-refractivity contribution in [1.82, 2.24) is 0 Å². The van der Waals surface area contributed by atoms with Crippen LogP contribution in [-0.4, -0.2) is 101 Å². The van der Waals surface area contributed by atoms with Crippen LogP contribution in [0.25, 0.3) is 0 Å². The van der Waals surface area contributed by atoms with Gasteiger partial charge >= 0.3 is 90.3 Å². The summed E-state index contributed by atoms with van der Waals surface area (Å²) in [4.78, 5) is 38.8. The van der Waals surface area contributed by atoms with Crippen molar-refractivity contribution in [1.29, 1.82) is 0 Å². The summed E-state index contributed by atoms with van der Waals surface area (Å²) >= 11 is 0. The quantitative estimate of drug-likeness (QED) is 0.0710. The third-order valence-corrected chi connectivity index (χ3v) is 3.21. The summed E-state index contributed by atoms with van der Waals surface area (Å²) in [5, 5.41) is 68.3. The molecular formula is C8H12Na2O17S2. The summed E-state index contributed by atoms with van der Waals surface area (Å²) in [6.07, 6.45) is -9.41. The molecule has 0 fully saturated rings. The van der Waals surface area contributed by atoms with Crippen LogP contribution in [0.3, 0.4) is 0 Å². The Morgan fingerprint density at radius 1 is 0.724 bits per heavy atom. The predicted molar refractivity (Wildman–Crippen MR) is 71.6 cm³/mol. The molecule has 0 radical (unpaired) electrons. The van der Waals surface area contributed by atoms with Gasteiger partial charge in [0.25, 0.3) is 0 Å². The van der Waals surface area contributed by atoms with Crippen LogP contribution in [0.4, 0.5) is 0 Å². The standard InChI is InChI=1S/2C4H6O6.2Na.H2O5S2/c2*5-1(3(7)8)2(6)4(9)10;;;1-6(2)7(3,4)5/h2*1-2,5-6H,(H,7,8)(H,9,10);;;(H,1,2)(H,3,4,5)/q;;2*+1;/p-2. The molecule has 0 saturated carbocycles. The third kappa shape index (κ3) is 20.8. The van der Waals surface area contributed by atoms with Crippen molar-refractivity contribution in [2.75, 3.05) is 0 Å². The first kappa shape index (κ1) is 39.2. The molecular weight excluding hydrogens is 478 g/mol. The average Bonchev–Trinajstić information content (AvgIpc) is 2.51. The minimum Gasteiger partial charge on any atom is -0.547 e. The maximum absolute atomic E-state index is 9.77. The van der Waals surface area contributed by atoms with E-state index in [1.807, 2.05) is 0 Å². The summed E-state index contributed by atoms with van der Waals surface area (Å²) in [6.45, 7) is 0. The van der Waals surface area contributed by atoms with E-state index in [-0.39, 0.29) is 59.1 Å². The van der Waals surface area contributed by atoms with Crippen molar-refractivity contribution in [3.63, 3.8) is 0 Å². The van der Waals surface area contributed by atoms with Crippen LogP contribution in [-0.2, 0) is 38.4 Å². The number of carbonyl (C=O) groups is 4. The van der Waals surface area contributed by atoms with Crippen LogP contribution in [0.1, 0.15) is 0 Å². The zero-order valence-electron chi connectivity index (χ0n) is 14.4. The van der Waals surface area contributed by atoms with Gasteiger partial charge < -0.3 is 50.4 Å². The summed E-state index contributed by atoms with van der Waals surface area (Å²) in [7, 11) is -7.87. The van der Waals surface area contributed by atoms with Gasteiger partial charge in [0.15, 0.2) is 12.2 Å². The fourth-order valence-corrected chi connectivity index (χ4v) is 0.528. The second kappa shape index (κ2) is 18.5. The number of hydrogen-bond donors (Lipinski definition) is 8. The Hall–Kier alpha value is -0.260. The fraction of sp³-hybridized carbons (Fsp3) is 0.500. The zero-order chi connectivity index (χ0) is 22.7. The van der Waals surface area contributed by atoms with Crippen molar-refractivity contribution in [2.24, 2.45) is 0 Å². The van der Waals surface area contributed by atoms with Gasteiger partial charge in [-0.15, -0.1) is 0 Å². The molecule has 0 aromatic heterocycles. The monoisotopic (exact) mass is 490 g/mol. The molecule has 0 bridgehead atoms. The second-order valence-corrected chi connectivity index (χ2v) is 7.15. The van der Waals surface area contributed by atoms with Gasteiger partial charge in [0.2, 0.25) is 0 Å². The van der Waals surface area contributed by atoms with Crippen molar-refractivity contribution in [3.8, 4) is 0 Å². The van der Waals surface area contributed by atoms with E-state index in [2.05, 4.69) is 0 Å². The SMILES string of the molecule is O=C(O)C(O)C(O)C(=O)O.O=C([O-])C(O)C(O)C(=O)[O-].O=S(O)S(=O)(=O)O.[Na+].[Na+]. The Kier molecular flexibility index (Phi) is 25.0. The molecule has 21 heteroatoms. The molecule has 0 aliphatic rings. The Morgan fingerprint density at radius 2 is 0.897 bits per heavy atom. The number of aliphatic hydroxyl groups is 4. The number of rotatable bonds is 7. The Morgan fingerprint density at radius 3 is 0.966 bits per heavy atom. The first-order valence-corrected chi connectivity index (χ1v) is 8.62. The van der Waals surface area contributed by atoms with Crippen LogP contribution < -0.4 is 69.3 Å². The van der Waals surface area contributed by atoms with Gasteiger partial charge in [0.1, 0.15) is 12.2 Å². The maximum Gasteiger partial charge on any atom is 1.00 e. The number of aliphatic hydroxyl groups excluding tert-OH is 4. The Balaban J connectivity index is -0.0000000976. The van der Waals surface area contributed by atoms with Crippen molar-refractivity contribution in [3.05, 3.63) is 0 Å². The van der Waals surface area contributed by atoms with E-state index in [9.17, 15) is 42.0 Å². The summed E-state index contributed by atoms with van der Waals surface area (Å²) in [5.41, 5.74) is 0. The number of aliphatic carboxylic acids is 4. The van der Waals surface area contributed by atoms with E-state index in [0.29, 0.717) is 0 Å². The maximum atomic E-state index is 9.77. The molecule has 29 heavy (non-hydrogen) atoms.